The van der Waals surface area contributed by atoms with Gasteiger partial charge in [-0.05, 0) is 30.2 Å². The minimum Gasteiger partial charge on any atom is -0.356 e. The van der Waals surface area contributed by atoms with E-state index in [0.29, 0.717) is 6.54 Å². The van der Waals surface area contributed by atoms with E-state index in [0.717, 1.165) is 20.6 Å². The Morgan fingerprint density at radius 1 is 1.15 bits per heavy atom. The summed E-state index contributed by atoms with van der Waals surface area (Å²) in [5, 5.41) is 15.0. The first kappa shape index (κ1) is 19.3. The van der Waals surface area contributed by atoms with Gasteiger partial charge < -0.3 is 10.6 Å². The van der Waals surface area contributed by atoms with E-state index in [-0.39, 0.29) is 23.5 Å². The quantitative estimate of drug-likeness (QED) is 0.551. The maximum absolute atomic E-state index is 13.0. The third-order valence-electron chi connectivity index (χ3n) is 3.77. The van der Waals surface area contributed by atoms with Crippen LogP contribution < -0.4 is 10.6 Å². The van der Waals surface area contributed by atoms with Gasteiger partial charge in [0.1, 0.15) is 5.82 Å². The van der Waals surface area contributed by atoms with Crippen LogP contribution in [0.25, 0.3) is 0 Å². The molecule has 0 saturated carbocycles. The van der Waals surface area contributed by atoms with Crippen LogP contribution in [0.5, 0.6) is 0 Å². The zero-order valence-corrected chi connectivity index (χ0v) is 16.3. The second-order valence-electron chi connectivity index (χ2n) is 5.84. The third-order valence-corrected chi connectivity index (χ3v) is 5.78. The number of benzene rings is 2. The van der Waals surface area contributed by atoms with Gasteiger partial charge in [0.15, 0.2) is 4.34 Å². The molecule has 1 atom stereocenters. The summed E-state index contributed by atoms with van der Waals surface area (Å²) in [5.74, 6) is -0.148. The lowest BCUT2D eigenvalue weighted by atomic mass is 10.1. The number of hydrogen-bond acceptors (Lipinski definition) is 6. The van der Waals surface area contributed by atoms with E-state index >= 15 is 0 Å². The zero-order chi connectivity index (χ0) is 19.1. The molecule has 0 bridgehead atoms. The molecule has 3 rings (SSSR count). The molecule has 2 N–H and O–H groups in total. The van der Waals surface area contributed by atoms with Crippen LogP contribution in [0.4, 0.5) is 9.52 Å². The predicted octanol–water partition coefficient (Wildman–Crippen LogP) is 4.26. The van der Waals surface area contributed by atoms with Gasteiger partial charge in [0.2, 0.25) is 11.0 Å². The van der Waals surface area contributed by atoms with Crippen molar-refractivity contribution in [2.24, 2.45) is 0 Å². The smallest absolute Gasteiger partial charge is 0.230 e. The maximum atomic E-state index is 13.0. The summed E-state index contributed by atoms with van der Waals surface area (Å²) >= 11 is 2.76. The van der Waals surface area contributed by atoms with Gasteiger partial charge in [-0.25, -0.2) is 4.39 Å². The Morgan fingerprint density at radius 2 is 1.89 bits per heavy atom. The van der Waals surface area contributed by atoms with Crippen molar-refractivity contribution in [3.63, 3.8) is 0 Å². The Kier molecular flexibility index (Phi) is 6.78. The Balaban J connectivity index is 1.43. The molecule has 5 nitrogen and oxygen atoms in total. The number of nitrogens with one attached hydrogen (secondary N) is 2. The van der Waals surface area contributed by atoms with Crippen molar-refractivity contribution in [1.29, 1.82) is 0 Å². The first-order valence-electron chi connectivity index (χ1n) is 8.39. The number of amides is 1. The molecule has 3 aromatic rings. The van der Waals surface area contributed by atoms with Gasteiger partial charge in [-0.15, -0.1) is 10.2 Å². The van der Waals surface area contributed by atoms with Crippen molar-refractivity contribution in [1.82, 2.24) is 15.5 Å². The van der Waals surface area contributed by atoms with Crippen LogP contribution in [0, 0.1) is 5.82 Å². The first-order chi connectivity index (χ1) is 13.1. The van der Waals surface area contributed by atoms with Gasteiger partial charge in [-0.1, -0.05) is 65.6 Å². The normalized spacial score (nSPS) is 11.8. The summed E-state index contributed by atoms with van der Waals surface area (Å²) in [6.07, 6.45) is 0. The molecule has 0 saturated heterocycles. The predicted molar refractivity (Wildman–Crippen MR) is 107 cm³/mol. The SMILES string of the molecule is C[C@H](NC(=O)CSc1nnc(NCc2ccccc2)s1)c1ccc(F)cc1. The second kappa shape index (κ2) is 9.48. The van der Waals surface area contributed by atoms with Gasteiger partial charge in [-0.2, -0.15) is 0 Å². The molecule has 1 heterocycles. The summed E-state index contributed by atoms with van der Waals surface area (Å²) < 4.78 is 13.7. The lowest BCUT2D eigenvalue weighted by Crippen LogP contribution is -2.28. The van der Waals surface area contributed by atoms with Crippen LogP contribution >= 0.6 is 23.1 Å². The zero-order valence-electron chi connectivity index (χ0n) is 14.7. The highest BCUT2D eigenvalue weighted by Crippen LogP contribution is 2.25. The van der Waals surface area contributed by atoms with Crippen LogP contribution in [-0.4, -0.2) is 21.9 Å². The highest BCUT2D eigenvalue weighted by atomic mass is 32.2. The number of carbonyl (C=O) groups excluding carboxylic acids is 1. The van der Waals surface area contributed by atoms with Crippen LogP contribution in [0.1, 0.15) is 24.1 Å². The van der Waals surface area contributed by atoms with E-state index in [1.165, 1.54) is 35.2 Å². The molecule has 0 aliphatic heterocycles. The maximum Gasteiger partial charge on any atom is 0.230 e. The second-order valence-corrected chi connectivity index (χ2v) is 8.04. The number of aromatic nitrogens is 2. The number of rotatable bonds is 8. The Hall–Kier alpha value is -2.45. The molecule has 0 spiro atoms. The molecule has 0 aliphatic rings. The number of nitrogens with zero attached hydrogens (tertiary/aromatic N) is 2. The lowest BCUT2D eigenvalue weighted by molar-refractivity contribution is -0.119. The molecule has 0 aliphatic carbocycles. The minimum absolute atomic E-state index is 0.106. The highest BCUT2D eigenvalue weighted by Gasteiger charge is 2.12. The van der Waals surface area contributed by atoms with Crippen molar-refractivity contribution in [3.05, 3.63) is 71.5 Å². The topological polar surface area (TPSA) is 66.9 Å². The first-order valence-corrected chi connectivity index (χ1v) is 10.2. The monoisotopic (exact) mass is 402 g/mol. The summed E-state index contributed by atoms with van der Waals surface area (Å²) in [5.41, 5.74) is 2.02. The molecule has 8 heteroatoms. The fourth-order valence-corrected chi connectivity index (χ4v) is 3.92. The minimum atomic E-state index is -0.291. The van der Waals surface area contributed by atoms with Crippen LogP contribution in [0.3, 0.4) is 0 Å². The van der Waals surface area contributed by atoms with E-state index in [2.05, 4.69) is 20.8 Å². The fraction of sp³-hybridized carbons (Fsp3) is 0.211. The summed E-state index contributed by atoms with van der Waals surface area (Å²) in [6.45, 7) is 2.54. The molecule has 1 aromatic heterocycles. The third kappa shape index (κ3) is 6.04. The van der Waals surface area contributed by atoms with Crippen molar-refractivity contribution >= 4 is 34.1 Å². The van der Waals surface area contributed by atoms with E-state index < -0.39 is 0 Å². The van der Waals surface area contributed by atoms with Crippen LogP contribution in [0.15, 0.2) is 58.9 Å². The summed E-state index contributed by atoms with van der Waals surface area (Å²) in [7, 11) is 0. The van der Waals surface area contributed by atoms with Gasteiger partial charge in [0, 0.05) is 6.54 Å². The molecule has 0 fully saturated rings. The number of anilines is 1. The van der Waals surface area contributed by atoms with E-state index in [1.54, 1.807) is 12.1 Å². The number of halogens is 1. The summed E-state index contributed by atoms with van der Waals surface area (Å²) in [6, 6.07) is 16.0. The van der Waals surface area contributed by atoms with Crippen molar-refractivity contribution in [3.8, 4) is 0 Å². The largest absolute Gasteiger partial charge is 0.356 e. The van der Waals surface area contributed by atoms with Crippen LogP contribution in [-0.2, 0) is 11.3 Å². The number of hydrogen-bond donors (Lipinski definition) is 2. The molecule has 140 valence electrons. The average Bonchev–Trinajstić information content (AvgIpc) is 3.14. The van der Waals surface area contributed by atoms with Crippen molar-refractivity contribution in [2.75, 3.05) is 11.1 Å². The molecule has 27 heavy (non-hydrogen) atoms. The molecular formula is C19H19FN4OS2. The molecule has 0 unspecified atom stereocenters. The highest BCUT2D eigenvalue weighted by molar-refractivity contribution is 8.01. The number of carbonyl (C=O) groups is 1. The van der Waals surface area contributed by atoms with Gasteiger partial charge in [0.25, 0.3) is 0 Å². The van der Waals surface area contributed by atoms with Crippen LogP contribution in [0.2, 0.25) is 0 Å². The molecule has 1 amide bonds. The van der Waals surface area contributed by atoms with Gasteiger partial charge in [0.05, 0.1) is 11.8 Å². The molecule has 0 radical (unpaired) electrons. The Bertz CT molecular complexity index is 871. The molecule has 2 aromatic carbocycles. The van der Waals surface area contributed by atoms with Crippen molar-refractivity contribution < 1.29 is 9.18 Å². The summed E-state index contributed by atoms with van der Waals surface area (Å²) in [4.78, 5) is 12.1. The average molecular weight is 403 g/mol. The lowest BCUT2D eigenvalue weighted by Gasteiger charge is -2.13. The van der Waals surface area contributed by atoms with E-state index in [9.17, 15) is 9.18 Å². The standard InChI is InChI=1S/C19H19FN4OS2/c1-13(15-7-9-16(20)10-8-15)22-17(25)12-26-19-24-23-18(27-19)21-11-14-5-3-2-4-6-14/h2-10,13H,11-12H2,1H3,(H,21,23)(H,22,25)/t13-/m0/s1. The Labute approximate surface area is 165 Å². The Morgan fingerprint density at radius 3 is 2.63 bits per heavy atom. The fourth-order valence-electron chi connectivity index (χ4n) is 2.36. The van der Waals surface area contributed by atoms with Gasteiger partial charge >= 0.3 is 0 Å². The molecular weight excluding hydrogens is 383 g/mol. The number of thioether (sulfide) groups is 1. The van der Waals surface area contributed by atoms with E-state index in [1.807, 2.05) is 37.3 Å². The van der Waals surface area contributed by atoms with Crippen molar-refractivity contribution in [2.45, 2.75) is 23.8 Å². The van der Waals surface area contributed by atoms with E-state index in [4.69, 9.17) is 0 Å². The van der Waals surface area contributed by atoms with Gasteiger partial charge in [-0.3, -0.25) is 4.79 Å².